The van der Waals surface area contributed by atoms with E-state index in [1.54, 1.807) is 7.11 Å². The smallest absolute Gasteiger partial charge is 0.212 e. The molecule has 106 valence electrons. The maximum Gasteiger partial charge on any atom is 0.212 e. The van der Waals surface area contributed by atoms with Gasteiger partial charge in [-0.15, -0.1) is 0 Å². The van der Waals surface area contributed by atoms with Crippen molar-refractivity contribution in [2.24, 2.45) is 0 Å². The lowest BCUT2D eigenvalue weighted by Crippen LogP contribution is -2.00. The van der Waals surface area contributed by atoms with Crippen LogP contribution in [0.25, 0.3) is 5.69 Å². The lowest BCUT2D eigenvalue weighted by atomic mass is 10.3. The van der Waals surface area contributed by atoms with Crippen LogP contribution in [0.15, 0.2) is 60.8 Å². The number of hydrogen-bond donors (Lipinski definition) is 1. The Kier molecular flexibility index (Phi) is 3.60. The van der Waals surface area contributed by atoms with Crippen LogP contribution in [0.4, 0.5) is 11.6 Å². The molecule has 1 aromatic heterocycles. The lowest BCUT2D eigenvalue weighted by molar-refractivity contribution is 0.415. The van der Waals surface area contributed by atoms with E-state index >= 15 is 0 Å². The zero-order chi connectivity index (χ0) is 14.7. The number of nitrogens with one attached hydrogen (secondary N) is 1. The number of ether oxygens (including phenoxy) is 1. The van der Waals surface area contributed by atoms with Gasteiger partial charge in [-0.2, -0.15) is 0 Å². The minimum atomic E-state index is 0.795. The van der Waals surface area contributed by atoms with E-state index in [4.69, 9.17) is 4.74 Å². The second-order valence-corrected chi connectivity index (χ2v) is 4.76. The molecule has 0 radical (unpaired) electrons. The van der Waals surface area contributed by atoms with Crippen LogP contribution in [0.2, 0.25) is 0 Å². The molecular weight excluding hydrogens is 262 g/mol. The zero-order valence-corrected chi connectivity index (χ0v) is 12.1. The fraction of sp³-hybridized carbons (Fsp3) is 0.118. The average molecular weight is 279 g/mol. The van der Waals surface area contributed by atoms with Crippen LogP contribution in [0.1, 0.15) is 5.69 Å². The van der Waals surface area contributed by atoms with Crippen molar-refractivity contribution in [1.82, 2.24) is 9.55 Å². The molecule has 0 bridgehead atoms. The summed E-state index contributed by atoms with van der Waals surface area (Å²) in [7, 11) is 1.67. The van der Waals surface area contributed by atoms with E-state index < -0.39 is 0 Å². The van der Waals surface area contributed by atoms with Crippen LogP contribution in [0.3, 0.4) is 0 Å². The highest BCUT2D eigenvalue weighted by Crippen LogP contribution is 2.22. The molecule has 0 atom stereocenters. The normalized spacial score (nSPS) is 10.4. The number of methoxy groups -OCH3 is 1. The van der Waals surface area contributed by atoms with Crippen molar-refractivity contribution in [1.29, 1.82) is 0 Å². The molecular formula is C17H17N3O. The highest BCUT2D eigenvalue weighted by atomic mass is 16.5. The van der Waals surface area contributed by atoms with Crippen LogP contribution >= 0.6 is 0 Å². The molecule has 0 spiro atoms. The van der Waals surface area contributed by atoms with Gasteiger partial charge in [-0.3, -0.25) is 4.57 Å². The predicted octanol–water partition coefficient (Wildman–Crippen LogP) is 3.93. The zero-order valence-electron chi connectivity index (χ0n) is 12.1. The summed E-state index contributed by atoms with van der Waals surface area (Å²) < 4.78 is 7.23. The quantitative estimate of drug-likeness (QED) is 0.786. The molecule has 0 saturated carbocycles. The minimum Gasteiger partial charge on any atom is -0.497 e. The molecule has 2 aromatic carbocycles. The summed E-state index contributed by atoms with van der Waals surface area (Å²) in [6.07, 6.45) is 2.01. The third-order valence-electron chi connectivity index (χ3n) is 3.21. The Bertz CT molecular complexity index is 718. The number of para-hydroxylation sites is 1. The van der Waals surface area contributed by atoms with Gasteiger partial charge in [0, 0.05) is 17.6 Å². The van der Waals surface area contributed by atoms with Gasteiger partial charge < -0.3 is 10.1 Å². The molecule has 0 amide bonds. The third-order valence-corrected chi connectivity index (χ3v) is 3.21. The molecule has 0 saturated heterocycles. The maximum absolute atomic E-state index is 5.20. The van der Waals surface area contributed by atoms with Crippen molar-refractivity contribution >= 4 is 11.6 Å². The Morgan fingerprint density at radius 3 is 2.38 bits per heavy atom. The minimum absolute atomic E-state index is 0.795. The molecule has 1 N–H and O–H groups in total. The molecule has 0 aliphatic heterocycles. The van der Waals surface area contributed by atoms with Gasteiger partial charge in [-0.05, 0) is 43.3 Å². The van der Waals surface area contributed by atoms with Gasteiger partial charge >= 0.3 is 0 Å². The topological polar surface area (TPSA) is 39.1 Å². The van der Waals surface area contributed by atoms with Crippen molar-refractivity contribution in [3.05, 3.63) is 66.5 Å². The SMILES string of the molecule is COc1ccc(-n2cc(C)nc2Nc2ccccc2)cc1. The van der Waals surface area contributed by atoms with E-state index in [0.29, 0.717) is 0 Å². The lowest BCUT2D eigenvalue weighted by Gasteiger charge is -2.10. The van der Waals surface area contributed by atoms with E-state index in [2.05, 4.69) is 10.3 Å². The first-order chi connectivity index (χ1) is 10.3. The highest BCUT2D eigenvalue weighted by molar-refractivity contribution is 5.56. The molecule has 3 aromatic rings. The second kappa shape index (κ2) is 5.71. The second-order valence-electron chi connectivity index (χ2n) is 4.76. The Balaban J connectivity index is 1.95. The van der Waals surface area contributed by atoms with Crippen LogP contribution in [0, 0.1) is 6.92 Å². The number of aromatic nitrogens is 2. The molecule has 3 rings (SSSR count). The molecule has 4 heteroatoms. The van der Waals surface area contributed by atoms with Gasteiger partial charge in [0.05, 0.1) is 12.8 Å². The van der Waals surface area contributed by atoms with E-state index in [1.807, 2.05) is 72.3 Å². The van der Waals surface area contributed by atoms with Crippen LogP contribution < -0.4 is 10.1 Å². The Morgan fingerprint density at radius 2 is 1.71 bits per heavy atom. The first-order valence-corrected chi connectivity index (χ1v) is 6.79. The van der Waals surface area contributed by atoms with Crippen molar-refractivity contribution in [3.63, 3.8) is 0 Å². The number of aryl methyl sites for hydroxylation is 1. The van der Waals surface area contributed by atoms with Gasteiger partial charge in [-0.25, -0.2) is 4.98 Å². The van der Waals surface area contributed by atoms with Crippen molar-refractivity contribution in [2.75, 3.05) is 12.4 Å². The largest absolute Gasteiger partial charge is 0.497 e. The van der Waals surface area contributed by atoms with Gasteiger partial charge in [0.1, 0.15) is 5.75 Å². The molecule has 0 unspecified atom stereocenters. The number of imidazole rings is 1. The van der Waals surface area contributed by atoms with E-state index in [1.165, 1.54) is 0 Å². The first kappa shape index (κ1) is 13.2. The summed E-state index contributed by atoms with van der Waals surface area (Å²) in [5, 5.41) is 3.34. The number of nitrogens with zero attached hydrogens (tertiary/aromatic N) is 2. The Morgan fingerprint density at radius 1 is 1.00 bits per heavy atom. The fourth-order valence-electron chi connectivity index (χ4n) is 2.18. The number of anilines is 2. The third kappa shape index (κ3) is 2.89. The maximum atomic E-state index is 5.20. The molecule has 21 heavy (non-hydrogen) atoms. The summed E-state index contributed by atoms with van der Waals surface area (Å²) >= 11 is 0. The predicted molar refractivity (Wildman–Crippen MR) is 84.6 cm³/mol. The summed E-state index contributed by atoms with van der Waals surface area (Å²) in [5.41, 5.74) is 3.01. The summed E-state index contributed by atoms with van der Waals surface area (Å²) in [6, 6.07) is 17.9. The van der Waals surface area contributed by atoms with Gasteiger partial charge in [-0.1, -0.05) is 18.2 Å². The van der Waals surface area contributed by atoms with Crippen molar-refractivity contribution in [3.8, 4) is 11.4 Å². The standard InChI is InChI=1S/C17H17N3O/c1-13-12-20(15-8-10-16(21-2)11-9-15)17(18-13)19-14-6-4-3-5-7-14/h3-12H,1-2H3,(H,18,19). The molecule has 4 nitrogen and oxygen atoms in total. The molecule has 0 fully saturated rings. The summed E-state index contributed by atoms with van der Waals surface area (Å²) in [5.74, 6) is 1.64. The van der Waals surface area contributed by atoms with Crippen molar-refractivity contribution < 1.29 is 4.74 Å². The highest BCUT2D eigenvalue weighted by Gasteiger charge is 2.08. The number of hydrogen-bond acceptors (Lipinski definition) is 3. The van der Waals surface area contributed by atoms with E-state index in [9.17, 15) is 0 Å². The fourth-order valence-corrected chi connectivity index (χ4v) is 2.18. The van der Waals surface area contributed by atoms with Gasteiger partial charge in [0.2, 0.25) is 5.95 Å². The Hall–Kier alpha value is -2.75. The van der Waals surface area contributed by atoms with Crippen LogP contribution in [0.5, 0.6) is 5.75 Å². The molecule has 0 aliphatic rings. The number of rotatable bonds is 4. The van der Waals surface area contributed by atoms with E-state index in [-0.39, 0.29) is 0 Å². The Labute approximate surface area is 124 Å². The van der Waals surface area contributed by atoms with Crippen LogP contribution in [-0.4, -0.2) is 16.7 Å². The monoisotopic (exact) mass is 279 g/mol. The van der Waals surface area contributed by atoms with E-state index in [0.717, 1.165) is 28.8 Å². The van der Waals surface area contributed by atoms with Gasteiger partial charge in [0.15, 0.2) is 0 Å². The summed E-state index contributed by atoms with van der Waals surface area (Å²) in [6.45, 7) is 1.98. The molecule has 1 heterocycles. The summed E-state index contributed by atoms with van der Waals surface area (Å²) in [4.78, 5) is 4.55. The number of benzene rings is 2. The average Bonchev–Trinajstić information content (AvgIpc) is 2.89. The van der Waals surface area contributed by atoms with Crippen LogP contribution in [-0.2, 0) is 0 Å². The van der Waals surface area contributed by atoms with Gasteiger partial charge in [0.25, 0.3) is 0 Å². The van der Waals surface area contributed by atoms with Crippen molar-refractivity contribution in [2.45, 2.75) is 6.92 Å². The first-order valence-electron chi connectivity index (χ1n) is 6.79. The molecule has 0 aliphatic carbocycles.